The molecule has 0 aliphatic heterocycles. The topological polar surface area (TPSA) is 89.6 Å². The molecule has 8 heteroatoms. The molecular formula is C9H14N6OS. The smallest absolute Gasteiger partial charge is 0.177 e. The maximum Gasteiger partial charge on any atom is 0.177 e. The quantitative estimate of drug-likeness (QED) is 0.852. The summed E-state index contributed by atoms with van der Waals surface area (Å²) in [6.07, 6.45) is -0.339. The molecule has 1 unspecified atom stereocenters. The fourth-order valence-electron chi connectivity index (χ4n) is 1.51. The lowest BCUT2D eigenvalue weighted by atomic mass is 10.1. The van der Waals surface area contributed by atoms with E-state index in [0.717, 1.165) is 10.6 Å². The summed E-state index contributed by atoms with van der Waals surface area (Å²) in [7, 11) is 1.69. The number of rotatable bonds is 4. The van der Waals surface area contributed by atoms with Gasteiger partial charge in [-0.2, -0.15) is 4.80 Å². The Morgan fingerprint density at radius 3 is 2.71 bits per heavy atom. The summed E-state index contributed by atoms with van der Waals surface area (Å²) >= 11 is 1.22. The summed E-state index contributed by atoms with van der Waals surface area (Å²) < 4.78 is 3.88. The number of aromatic nitrogens is 6. The molecular weight excluding hydrogens is 240 g/mol. The molecule has 92 valence electrons. The molecule has 1 N–H and O–H groups in total. The summed E-state index contributed by atoms with van der Waals surface area (Å²) in [4.78, 5) is 2.16. The van der Waals surface area contributed by atoms with E-state index in [4.69, 9.17) is 0 Å². The SMILES string of the molecule is CC(C)c1nnsc1C(O)Cc1nnn(C)n1. The van der Waals surface area contributed by atoms with E-state index in [-0.39, 0.29) is 5.92 Å². The molecule has 2 aromatic heterocycles. The Labute approximate surface area is 103 Å². The number of hydrogen-bond donors (Lipinski definition) is 1. The first-order valence-corrected chi connectivity index (χ1v) is 6.08. The number of aliphatic hydroxyl groups excluding tert-OH is 1. The Morgan fingerprint density at radius 2 is 2.12 bits per heavy atom. The molecule has 2 heterocycles. The molecule has 7 nitrogen and oxygen atoms in total. The predicted octanol–water partition coefficient (Wildman–Crippen LogP) is 0.461. The second-order valence-corrected chi connectivity index (χ2v) is 4.88. The molecule has 0 aliphatic carbocycles. The number of aliphatic hydroxyl groups is 1. The zero-order valence-corrected chi connectivity index (χ0v) is 10.7. The van der Waals surface area contributed by atoms with Gasteiger partial charge in [-0.15, -0.1) is 15.3 Å². The molecule has 0 aromatic carbocycles. The third-order valence-corrected chi connectivity index (χ3v) is 3.16. The van der Waals surface area contributed by atoms with Gasteiger partial charge in [0, 0.05) is 6.42 Å². The van der Waals surface area contributed by atoms with Crippen molar-refractivity contribution in [2.45, 2.75) is 32.3 Å². The monoisotopic (exact) mass is 254 g/mol. The van der Waals surface area contributed by atoms with Gasteiger partial charge in [0.15, 0.2) is 5.82 Å². The fraction of sp³-hybridized carbons (Fsp3) is 0.667. The van der Waals surface area contributed by atoms with Gasteiger partial charge < -0.3 is 5.11 Å². The Bertz CT molecular complexity index is 493. The third-order valence-electron chi connectivity index (χ3n) is 2.32. The van der Waals surface area contributed by atoms with Crippen molar-refractivity contribution in [3.05, 3.63) is 16.4 Å². The minimum Gasteiger partial charge on any atom is -0.387 e. The van der Waals surface area contributed by atoms with Gasteiger partial charge >= 0.3 is 0 Å². The highest BCUT2D eigenvalue weighted by Gasteiger charge is 2.21. The van der Waals surface area contributed by atoms with Crippen LogP contribution in [0, 0.1) is 0 Å². The summed E-state index contributed by atoms with van der Waals surface area (Å²) in [5.41, 5.74) is 0.839. The summed E-state index contributed by atoms with van der Waals surface area (Å²) in [5, 5.41) is 25.7. The molecule has 2 aromatic rings. The zero-order valence-electron chi connectivity index (χ0n) is 9.90. The van der Waals surface area contributed by atoms with Gasteiger partial charge in [-0.3, -0.25) is 0 Å². The highest BCUT2D eigenvalue weighted by molar-refractivity contribution is 7.05. The minimum absolute atomic E-state index is 0.244. The lowest BCUT2D eigenvalue weighted by Crippen LogP contribution is -2.06. The molecule has 2 rings (SSSR count). The molecule has 0 amide bonds. The number of tetrazole rings is 1. The van der Waals surface area contributed by atoms with E-state index in [9.17, 15) is 5.11 Å². The van der Waals surface area contributed by atoms with Crippen LogP contribution in [0.4, 0.5) is 0 Å². The van der Waals surface area contributed by atoms with Gasteiger partial charge in [-0.25, -0.2) is 0 Å². The number of hydrogen-bond acceptors (Lipinski definition) is 7. The third kappa shape index (κ3) is 2.64. The Balaban J connectivity index is 2.14. The van der Waals surface area contributed by atoms with Crippen molar-refractivity contribution in [3.63, 3.8) is 0 Å². The van der Waals surface area contributed by atoms with Crippen molar-refractivity contribution in [2.24, 2.45) is 7.05 Å². The number of aryl methyl sites for hydroxylation is 1. The van der Waals surface area contributed by atoms with Crippen LogP contribution in [-0.2, 0) is 13.5 Å². The van der Waals surface area contributed by atoms with Crippen molar-refractivity contribution in [2.75, 3.05) is 0 Å². The first kappa shape index (κ1) is 12.1. The van der Waals surface area contributed by atoms with Crippen LogP contribution in [0.15, 0.2) is 0 Å². The zero-order chi connectivity index (χ0) is 12.4. The maximum atomic E-state index is 10.1. The van der Waals surface area contributed by atoms with Gasteiger partial charge in [-0.1, -0.05) is 18.3 Å². The van der Waals surface area contributed by atoms with Gasteiger partial charge in [0.05, 0.1) is 23.7 Å². The Hall–Kier alpha value is -1.41. The second-order valence-electron chi connectivity index (χ2n) is 4.09. The normalized spacial score (nSPS) is 13.2. The first-order valence-electron chi connectivity index (χ1n) is 5.31. The second kappa shape index (κ2) is 4.84. The Kier molecular flexibility index (Phi) is 3.43. The first-order chi connectivity index (χ1) is 8.08. The molecule has 17 heavy (non-hydrogen) atoms. The highest BCUT2D eigenvalue weighted by Crippen LogP contribution is 2.27. The summed E-state index contributed by atoms with van der Waals surface area (Å²) in [6, 6.07) is 0. The van der Waals surface area contributed by atoms with Crippen molar-refractivity contribution >= 4 is 11.5 Å². The number of nitrogens with zero attached hydrogens (tertiary/aromatic N) is 6. The van der Waals surface area contributed by atoms with Crippen LogP contribution in [0.1, 0.15) is 42.3 Å². The Morgan fingerprint density at radius 1 is 1.35 bits per heavy atom. The highest BCUT2D eigenvalue weighted by atomic mass is 32.1. The maximum absolute atomic E-state index is 10.1. The van der Waals surface area contributed by atoms with E-state index >= 15 is 0 Å². The predicted molar refractivity (Wildman–Crippen MR) is 61.5 cm³/mol. The largest absolute Gasteiger partial charge is 0.387 e. The van der Waals surface area contributed by atoms with E-state index < -0.39 is 6.10 Å². The summed E-state index contributed by atoms with van der Waals surface area (Å²) in [5.74, 6) is 0.760. The van der Waals surface area contributed by atoms with Gasteiger partial charge in [0.1, 0.15) is 0 Å². The van der Waals surface area contributed by atoms with Crippen LogP contribution in [0.2, 0.25) is 0 Å². The van der Waals surface area contributed by atoms with Gasteiger partial charge in [-0.05, 0) is 22.7 Å². The summed E-state index contributed by atoms with van der Waals surface area (Å²) in [6.45, 7) is 4.04. The van der Waals surface area contributed by atoms with Crippen LogP contribution >= 0.6 is 11.5 Å². The molecule has 0 radical (unpaired) electrons. The average molecular weight is 254 g/mol. The lowest BCUT2D eigenvalue weighted by Gasteiger charge is -2.08. The van der Waals surface area contributed by atoms with Crippen LogP contribution in [-0.4, -0.2) is 34.9 Å². The lowest BCUT2D eigenvalue weighted by molar-refractivity contribution is 0.178. The molecule has 0 aliphatic rings. The van der Waals surface area contributed by atoms with Crippen LogP contribution in [0.5, 0.6) is 0 Å². The molecule has 0 spiro atoms. The van der Waals surface area contributed by atoms with E-state index in [1.54, 1.807) is 7.05 Å². The standard InChI is InChI=1S/C9H14N6OS/c1-5(2)8-9(17-14-11-8)6(16)4-7-10-13-15(3)12-7/h5-6,16H,4H2,1-3H3. The van der Waals surface area contributed by atoms with E-state index in [2.05, 4.69) is 25.0 Å². The molecule has 0 saturated heterocycles. The molecule has 0 saturated carbocycles. The van der Waals surface area contributed by atoms with E-state index in [1.807, 2.05) is 13.8 Å². The molecule has 1 atom stereocenters. The van der Waals surface area contributed by atoms with Gasteiger partial charge in [0.25, 0.3) is 0 Å². The van der Waals surface area contributed by atoms with Crippen LogP contribution < -0.4 is 0 Å². The van der Waals surface area contributed by atoms with Crippen LogP contribution in [0.25, 0.3) is 0 Å². The van der Waals surface area contributed by atoms with Crippen molar-refractivity contribution < 1.29 is 5.11 Å². The van der Waals surface area contributed by atoms with Crippen molar-refractivity contribution in [1.82, 2.24) is 29.8 Å². The fourth-order valence-corrected chi connectivity index (χ4v) is 2.30. The van der Waals surface area contributed by atoms with E-state index in [1.165, 1.54) is 16.3 Å². The molecule has 0 fully saturated rings. The van der Waals surface area contributed by atoms with Crippen molar-refractivity contribution in [1.29, 1.82) is 0 Å². The van der Waals surface area contributed by atoms with Crippen molar-refractivity contribution in [3.8, 4) is 0 Å². The van der Waals surface area contributed by atoms with E-state index in [0.29, 0.717) is 12.2 Å². The van der Waals surface area contributed by atoms with Gasteiger partial charge in [0.2, 0.25) is 0 Å². The van der Waals surface area contributed by atoms with Crippen LogP contribution in [0.3, 0.4) is 0 Å². The minimum atomic E-state index is -0.670. The molecule has 0 bridgehead atoms. The average Bonchev–Trinajstić information content (AvgIpc) is 2.86.